The van der Waals surface area contributed by atoms with Crippen LogP contribution in [0.3, 0.4) is 0 Å². The van der Waals surface area contributed by atoms with Gasteiger partial charge in [-0.15, -0.1) is 0 Å². The fraction of sp³-hybridized carbons (Fsp3) is 0.375. The highest BCUT2D eigenvalue weighted by atomic mass is 35.5. The molecule has 1 unspecified atom stereocenters. The Labute approximate surface area is 144 Å². The van der Waals surface area contributed by atoms with Crippen molar-refractivity contribution in [2.75, 3.05) is 24.5 Å². The van der Waals surface area contributed by atoms with Crippen molar-refractivity contribution in [1.29, 1.82) is 0 Å². The predicted molar refractivity (Wildman–Crippen MR) is 94.5 cm³/mol. The van der Waals surface area contributed by atoms with Crippen molar-refractivity contribution in [2.45, 2.75) is 13.0 Å². The predicted octanol–water partition coefficient (Wildman–Crippen LogP) is 3.93. The molecule has 1 atom stereocenters. The topological polar surface area (TPSA) is 58.4 Å². The number of hydrogen-bond donors (Lipinski definition) is 1. The summed E-state index contributed by atoms with van der Waals surface area (Å²) in [5.41, 5.74) is 2.19. The average Bonchev–Trinajstić information content (AvgIpc) is 3.18. The van der Waals surface area contributed by atoms with E-state index in [0.29, 0.717) is 12.5 Å². The third-order valence-corrected chi connectivity index (χ3v) is 5.24. The van der Waals surface area contributed by atoms with Gasteiger partial charge in [0.25, 0.3) is 0 Å². The summed E-state index contributed by atoms with van der Waals surface area (Å²) in [6.45, 7) is 3.69. The van der Waals surface area contributed by atoms with Gasteiger partial charge in [0.1, 0.15) is 0 Å². The van der Waals surface area contributed by atoms with Crippen LogP contribution in [0.5, 0.6) is 0 Å². The summed E-state index contributed by atoms with van der Waals surface area (Å²) in [5.74, 6) is 0.597. The van der Waals surface area contributed by atoms with Crippen molar-refractivity contribution in [3.8, 4) is 0 Å². The summed E-state index contributed by atoms with van der Waals surface area (Å²) >= 11 is 7.11. The molecular weight excluding hydrogens is 334 g/mol. The van der Waals surface area contributed by atoms with E-state index in [1.807, 2.05) is 17.5 Å². The zero-order valence-corrected chi connectivity index (χ0v) is 14.1. The molecule has 23 heavy (non-hydrogen) atoms. The molecule has 1 aliphatic heterocycles. The first-order valence-corrected chi connectivity index (χ1v) is 8.80. The average molecular weight is 352 g/mol. The molecule has 0 aliphatic carbocycles. The number of anilines is 1. The smallest absolute Gasteiger partial charge is 0.324 e. The van der Waals surface area contributed by atoms with E-state index in [1.165, 1.54) is 17.0 Å². The maximum atomic E-state index is 10.7. The van der Waals surface area contributed by atoms with E-state index in [-0.39, 0.29) is 9.92 Å². The Balaban J connectivity index is 1.44. The fourth-order valence-electron chi connectivity index (χ4n) is 2.86. The molecule has 0 spiro atoms. The van der Waals surface area contributed by atoms with Crippen LogP contribution in [-0.2, 0) is 6.54 Å². The molecule has 0 amide bonds. The Kier molecular flexibility index (Phi) is 5.15. The summed E-state index contributed by atoms with van der Waals surface area (Å²) in [4.78, 5) is 12.7. The van der Waals surface area contributed by atoms with E-state index in [0.717, 1.165) is 36.6 Å². The van der Waals surface area contributed by atoms with Gasteiger partial charge in [0.15, 0.2) is 0 Å². The summed E-state index contributed by atoms with van der Waals surface area (Å²) in [6.07, 6.45) is 1.15. The van der Waals surface area contributed by atoms with Gasteiger partial charge >= 0.3 is 5.00 Å². The van der Waals surface area contributed by atoms with Crippen LogP contribution >= 0.6 is 22.9 Å². The normalized spacial score (nSPS) is 17.6. The van der Waals surface area contributed by atoms with Gasteiger partial charge in [0, 0.05) is 48.3 Å². The first kappa shape index (κ1) is 16.2. The molecule has 1 aliphatic rings. The number of thiophene rings is 1. The second-order valence-corrected chi connectivity index (χ2v) is 7.08. The monoisotopic (exact) mass is 351 g/mol. The minimum atomic E-state index is -0.338. The lowest BCUT2D eigenvalue weighted by Crippen LogP contribution is -2.26. The van der Waals surface area contributed by atoms with E-state index in [2.05, 4.69) is 22.3 Å². The van der Waals surface area contributed by atoms with Crippen molar-refractivity contribution in [3.63, 3.8) is 0 Å². The molecule has 1 aromatic carbocycles. The molecule has 7 heteroatoms. The second kappa shape index (κ2) is 7.29. The van der Waals surface area contributed by atoms with Crippen LogP contribution in [0.1, 0.15) is 12.0 Å². The van der Waals surface area contributed by atoms with E-state index in [9.17, 15) is 10.1 Å². The van der Waals surface area contributed by atoms with Gasteiger partial charge in [-0.2, -0.15) is 0 Å². The first-order chi connectivity index (χ1) is 11.1. The fourth-order valence-corrected chi connectivity index (χ4v) is 3.71. The van der Waals surface area contributed by atoms with Gasteiger partial charge < -0.3 is 10.2 Å². The lowest BCUT2D eigenvalue weighted by molar-refractivity contribution is -0.380. The lowest BCUT2D eigenvalue weighted by atomic mass is 10.1. The molecule has 1 N–H and O–H groups in total. The Bertz CT molecular complexity index is 674. The van der Waals surface area contributed by atoms with Gasteiger partial charge in [0.05, 0.1) is 4.92 Å². The molecule has 1 fully saturated rings. The zero-order chi connectivity index (χ0) is 16.2. The van der Waals surface area contributed by atoms with E-state index >= 15 is 0 Å². The van der Waals surface area contributed by atoms with Gasteiger partial charge in [0.2, 0.25) is 0 Å². The van der Waals surface area contributed by atoms with Gasteiger partial charge in [-0.05, 0) is 42.2 Å². The van der Waals surface area contributed by atoms with Crippen LogP contribution in [0.25, 0.3) is 0 Å². The van der Waals surface area contributed by atoms with Crippen molar-refractivity contribution in [2.24, 2.45) is 5.92 Å². The Morgan fingerprint density at radius 1 is 1.39 bits per heavy atom. The minimum absolute atomic E-state index is 0.205. The SMILES string of the molecule is O=[N+]([O-])c1cc(CNCC2CCN(c3ccc(Cl)cc3)C2)cs1. The first-order valence-electron chi connectivity index (χ1n) is 7.55. The second-order valence-electron chi connectivity index (χ2n) is 5.76. The maximum Gasteiger partial charge on any atom is 0.324 e. The minimum Gasteiger partial charge on any atom is -0.371 e. The van der Waals surface area contributed by atoms with Crippen LogP contribution in [0.4, 0.5) is 10.7 Å². The highest BCUT2D eigenvalue weighted by Gasteiger charge is 2.22. The largest absolute Gasteiger partial charge is 0.371 e. The molecule has 2 aromatic rings. The Morgan fingerprint density at radius 3 is 2.87 bits per heavy atom. The molecule has 0 saturated carbocycles. The standard InChI is InChI=1S/C16H18ClN3O2S/c17-14-1-3-15(4-2-14)19-6-5-12(10-19)8-18-9-13-7-16(20(21)22)23-11-13/h1-4,7,11-12,18H,5-6,8-10H2. The highest BCUT2D eigenvalue weighted by Crippen LogP contribution is 2.25. The van der Waals surface area contributed by atoms with Crippen LogP contribution < -0.4 is 10.2 Å². The third-order valence-electron chi connectivity index (χ3n) is 4.06. The van der Waals surface area contributed by atoms with Crippen LogP contribution in [0.15, 0.2) is 35.7 Å². The van der Waals surface area contributed by atoms with Gasteiger partial charge in [-0.3, -0.25) is 10.1 Å². The Morgan fingerprint density at radius 2 is 2.17 bits per heavy atom. The number of rotatable bonds is 6. The molecule has 0 radical (unpaired) electrons. The summed E-state index contributed by atoms with van der Waals surface area (Å²) in [6, 6.07) is 9.61. The number of benzene rings is 1. The summed E-state index contributed by atoms with van der Waals surface area (Å²) in [7, 11) is 0. The zero-order valence-electron chi connectivity index (χ0n) is 12.6. The van der Waals surface area contributed by atoms with Crippen molar-refractivity contribution < 1.29 is 4.92 Å². The molecule has 5 nitrogen and oxygen atoms in total. The summed E-state index contributed by atoms with van der Waals surface area (Å²) < 4.78 is 0. The van der Waals surface area contributed by atoms with E-state index < -0.39 is 0 Å². The van der Waals surface area contributed by atoms with Gasteiger partial charge in [-0.1, -0.05) is 22.9 Å². The molecular formula is C16H18ClN3O2S. The van der Waals surface area contributed by atoms with Crippen molar-refractivity contribution in [1.82, 2.24) is 5.32 Å². The number of nitrogens with zero attached hydrogens (tertiary/aromatic N) is 2. The van der Waals surface area contributed by atoms with Crippen molar-refractivity contribution >= 4 is 33.6 Å². The Hall–Kier alpha value is -1.63. The maximum absolute atomic E-state index is 10.7. The molecule has 3 rings (SSSR count). The lowest BCUT2D eigenvalue weighted by Gasteiger charge is -2.19. The van der Waals surface area contributed by atoms with Crippen LogP contribution in [0.2, 0.25) is 5.02 Å². The number of halogens is 1. The molecule has 1 aromatic heterocycles. The molecule has 122 valence electrons. The third kappa shape index (κ3) is 4.22. The highest BCUT2D eigenvalue weighted by molar-refractivity contribution is 7.13. The number of nitrogens with one attached hydrogen (secondary N) is 1. The van der Waals surface area contributed by atoms with E-state index in [1.54, 1.807) is 6.07 Å². The van der Waals surface area contributed by atoms with Crippen LogP contribution in [0, 0.1) is 16.0 Å². The quantitative estimate of drug-likeness (QED) is 0.633. The van der Waals surface area contributed by atoms with Crippen molar-refractivity contribution in [3.05, 3.63) is 56.4 Å². The van der Waals surface area contributed by atoms with E-state index in [4.69, 9.17) is 11.6 Å². The van der Waals surface area contributed by atoms with Gasteiger partial charge in [-0.25, -0.2) is 0 Å². The molecule has 1 saturated heterocycles. The summed E-state index contributed by atoms with van der Waals surface area (Å²) in [5, 5.41) is 16.9. The molecule has 2 heterocycles. The number of nitro groups is 1. The van der Waals surface area contributed by atoms with Crippen LogP contribution in [-0.4, -0.2) is 24.6 Å². The number of hydrogen-bond acceptors (Lipinski definition) is 5. The molecule has 0 bridgehead atoms.